The van der Waals surface area contributed by atoms with Crippen molar-refractivity contribution >= 4 is 174 Å². The van der Waals surface area contributed by atoms with Crippen molar-refractivity contribution in [3.8, 4) is 6.07 Å². The highest BCUT2D eigenvalue weighted by Gasteiger charge is 2.50. The Morgan fingerprint density at radius 2 is 0.729 bits per heavy atom. The number of carboxylic acid groups (broad SMARTS) is 1. The molecule has 0 aliphatic carbocycles. The summed E-state index contributed by atoms with van der Waals surface area (Å²) in [6.45, 7) is 12.8. The molecule has 0 spiro atoms. The Balaban J connectivity index is 0.000000136. The fourth-order valence-electron chi connectivity index (χ4n) is 18.3. The summed E-state index contributed by atoms with van der Waals surface area (Å²) in [5.41, 5.74) is 7.14. The molecule has 41 heteroatoms. The molecule has 0 amide bonds. The average Bonchev–Trinajstić information content (AvgIpc) is 1.65. The third-order valence-corrected chi connectivity index (χ3v) is 29.7. The zero-order valence-electron chi connectivity index (χ0n) is 72.6. The van der Waals surface area contributed by atoms with Gasteiger partial charge in [0.25, 0.3) is 0 Å². The molecule has 10 aliphatic heterocycles. The Bertz CT molecular complexity index is 5890. The quantitative estimate of drug-likeness (QED) is 0.0353. The van der Waals surface area contributed by atoms with Crippen molar-refractivity contribution in [3.63, 3.8) is 0 Å². The van der Waals surface area contributed by atoms with Gasteiger partial charge in [-0.25, -0.2) is 56.7 Å². The average molecular weight is 2150 g/mol. The summed E-state index contributed by atoms with van der Waals surface area (Å²) in [4.78, 5) is 139. The first-order chi connectivity index (χ1) is 64.2. The predicted molar refractivity (Wildman–Crippen MR) is 502 cm³/mol. The van der Waals surface area contributed by atoms with Crippen molar-refractivity contribution in [2.75, 3.05) is 93.0 Å². The summed E-state index contributed by atoms with van der Waals surface area (Å²) in [6.07, 6.45) is 12.1. The van der Waals surface area contributed by atoms with Crippen molar-refractivity contribution < 1.29 is 84.7 Å². The van der Waals surface area contributed by atoms with Gasteiger partial charge in [-0.2, -0.15) is 5.26 Å². The monoisotopic (exact) mass is 2150 g/mol. The van der Waals surface area contributed by atoms with Crippen molar-refractivity contribution in [3.05, 3.63) is 248 Å². The second-order valence-corrected chi connectivity index (χ2v) is 39.0. The third-order valence-electron chi connectivity index (χ3n) is 23.9. The minimum absolute atomic E-state index is 0.158. The number of aliphatic carboxylic acids is 1. The largest absolute Gasteiger partial charge is 0.481 e. The van der Waals surface area contributed by atoms with Gasteiger partial charge in [0.05, 0.1) is 80.8 Å². The number of hydrogen-bond donors (Lipinski definition) is 1. The molecule has 696 valence electrons. The molecule has 14 heterocycles. The zero-order chi connectivity index (χ0) is 94.2. The molecule has 1 N–H and O–H groups in total. The zero-order valence-corrected chi connectivity index (χ0v) is 82.2. The van der Waals surface area contributed by atoms with E-state index in [-0.39, 0.29) is 98.4 Å². The number of methoxy groups -OCH3 is 2. The number of thiazole rings is 4. The standard InChI is InChI=1S/2C26H28BrFN4O4S.C20H16BrFN4O2S.C20H17BrFN3O4S/c2*1-3-36-26(34)21-20-11-15(13-31-9-4-5-19(31)25(33)35-2)14-32(20)23(24-29-8-10-37-24)30-22(21)17-7-6-16(28)12-18(17)27;1-2-28-20(27)16-15-7-11(9-23)10-26(15)18(19-24-5-6-29-19)25-17(16)13-4-3-12(22)8-14(13)21;1-2-29-20(28)15-14-7-10(19(26)27)9-25(14)17(18-23-5-6-30-18)24-16(15)12-4-3-11(22)8-13(12)21/h2*6-8,10,12,15,19,22H,3-5,9,11,13-14H2,1-2H3;3-6,8,11,17H,2,7,10H2,1H3;3-6,8,10,16H,2,7,9H2,1H3,(H,26,27)/t15-,19+,22+;15-,19-,22-;11-,17?;/m100./s1. The Hall–Kier alpha value is -10.4. The lowest BCUT2D eigenvalue weighted by Crippen LogP contribution is -2.41. The Kier molecular flexibility index (Phi) is 31.8. The van der Waals surface area contributed by atoms with E-state index in [2.05, 4.69) is 109 Å². The maximum atomic E-state index is 13.9. The van der Waals surface area contributed by atoms with E-state index >= 15 is 0 Å². The Morgan fingerprint density at radius 3 is 1.00 bits per heavy atom. The molecule has 4 aromatic heterocycles. The number of ether oxygens (including phenoxy) is 6. The maximum absolute atomic E-state index is 13.9. The second kappa shape index (κ2) is 43.5. The Labute approximate surface area is 812 Å². The minimum Gasteiger partial charge on any atom is -0.481 e. The van der Waals surface area contributed by atoms with Crippen LogP contribution in [0, 0.1) is 58.3 Å². The van der Waals surface area contributed by atoms with Crippen molar-refractivity contribution in [2.45, 2.75) is 115 Å². The van der Waals surface area contributed by atoms with Crippen molar-refractivity contribution in [1.82, 2.24) is 49.3 Å². The molecule has 3 unspecified atom stereocenters. The molecule has 10 atom stereocenters. The SMILES string of the molecule is CCOC(=O)C1=C2CC(C(=O)O)CN2C(c2nccs2)=NC1c1ccc(F)cc1Br.CCOC(=O)C1=C2C[C@@H](C#N)CN2C(c2nccs2)=NC1c1ccc(F)cc1Br.CCOC(=O)C1=C2C[C@@H](CN3CCC[C@H]3C(=O)OC)CN2C(c2nccs2)=N[C@H]1c1ccc(F)cc1Br.CCOC(=O)C1=C2C[C@H](CN3CCC[C@H]3C(=O)OC)CN2C(c2nccs2)=N[C@H]1c1ccc(F)cc1Br. The smallest absolute Gasteiger partial charge is 0.338 e. The molecular formula is C92H89Br4F4N15O14S4. The van der Waals surface area contributed by atoms with Gasteiger partial charge in [-0.3, -0.25) is 44.2 Å². The number of carboxylic acids is 1. The van der Waals surface area contributed by atoms with Gasteiger partial charge in [0.1, 0.15) is 59.5 Å². The number of aliphatic imine (C=N–C) groups is 4. The summed E-state index contributed by atoms with van der Waals surface area (Å²) < 4.78 is 88.9. The highest BCUT2D eigenvalue weighted by atomic mass is 79.9. The van der Waals surface area contributed by atoms with Gasteiger partial charge in [-0.1, -0.05) is 88.0 Å². The van der Waals surface area contributed by atoms with E-state index in [1.54, 1.807) is 87.0 Å². The third kappa shape index (κ3) is 21.0. The molecular weight excluding hydrogens is 2060 g/mol. The first kappa shape index (κ1) is 97.1. The van der Waals surface area contributed by atoms with Gasteiger partial charge in [0.15, 0.2) is 43.4 Å². The number of fused-ring (bicyclic) bond motifs is 4. The topological polar surface area (TPSA) is 339 Å². The molecule has 0 saturated carbocycles. The normalized spacial score (nSPS) is 22.4. The molecule has 6 fully saturated rings. The van der Waals surface area contributed by atoms with Crippen LogP contribution in [0.4, 0.5) is 17.6 Å². The molecule has 0 bridgehead atoms. The number of carbonyl (C=O) groups is 7. The van der Waals surface area contributed by atoms with E-state index < -0.39 is 71.6 Å². The van der Waals surface area contributed by atoms with Crippen LogP contribution in [0.5, 0.6) is 0 Å². The van der Waals surface area contributed by atoms with E-state index in [4.69, 9.17) is 48.4 Å². The lowest BCUT2D eigenvalue weighted by atomic mass is 9.93. The number of halogens is 8. The summed E-state index contributed by atoms with van der Waals surface area (Å²) in [5, 5.41) is 29.3. The van der Waals surface area contributed by atoms with Crippen LogP contribution >= 0.6 is 109 Å². The van der Waals surface area contributed by atoms with Gasteiger partial charge in [-0.15, -0.1) is 45.3 Å². The number of carbonyl (C=O) groups excluding carboxylic acids is 6. The molecule has 8 aromatic rings. The molecule has 0 radical (unpaired) electrons. The van der Waals surface area contributed by atoms with Crippen LogP contribution in [0.25, 0.3) is 0 Å². The number of hydrogen-bond acceptors (Lipinski definition) is 32. The molecule has 4 aromatic carbocycles. The number of aromatic nitrogens is 4. The predicted octanol–water partition coefficient (Wildman–Crippen LogP) is 16.6. The fraction of sp³-hybridized carbons (Fsp3) is 0.391. The molecule has 29 nitrogen and oxygen atoms in total. The Morgan fingerprint density at radius 1 is 0.436 bits per heavy atom. The van der Waals surface area contributed by atoms with Crippen LogP contribution in [-0.2, 0) is 62.0 Å². The van der Waals surface area contributed by atoms with Crippen LogP contribution in [0.1, 0.15) is 146 Å². The van der Waals surface area contributed by atoms with Gasteiger partial charge in [0, 0.05) is 139 Å². The molecule has 133 heavy (non-hydrogen) atoms. The highest BCUT2D eigenvalue weighted by Crippen LogP contribution is 2.50. The van der Waals surface area contributed by atoms with Gasteiger partial charge in [-0.05, 0) is 162 Å². The first-order valence-electron chi connectivity index (χ1n) is 42.9. The van der Waals surface area contributed by atoms with E-state index in [0.717, 1.165) is 65.9 Å². The van der Waals surface area contributed by atoms with Crippen LogP contribution in [0.3, 0.4) is 0 Å². The second-order valence-electron chi connectivity index (χ2n) is 32.0. The molecule has 10 aliphatic rings. The van der Waals surface area contributed by atoms with E-state index in [0.29, 0.717) is 148 Å². The lowest BCUT2D eigenvalue weighted by molar-refractivity contribution is -0.146. The van der Waals surface area contributed by atoms with Crippen LogP contribution in [-0.4, -0.2) is 225 Å². The van der Waals surface area contributed by atoms with E-state index in [1.165, 1.54) is 108 Å². The van der Waals surface area contributed by atoms with Gasteiger partial charge < -0.3 is 53.1 Å². The lowest BCUT2D eigenvalue weighted by Gasteiger charge is -2.32. The van der Waals surface area contributed by atoms with Gasteiger partial charge in [0.2, 0.25) is 0 Å². The number of nitriles is 1. The summed E-state index contributed by atoms with van der Waals surface area (Å²) in [6, 6.07) is 16.3. The number of benzene rings is 4. The fourth-order valence-corrected chi connectivity index (χ4v) is 23.1. The molecule has 6 saturated heterocycles. The molecule has 18 rings (SSSR count). The van der Waals surface area contributed by atoms with Crippen LogP contribution in [0.15, 0.2) is 202 Å². The first-order valence-corrected chi connectivity index (χ1v) is 49.6. The summed E-state index contributed by atoms with van der Waals surface area (Å²) in [7, 11) is 2.85. The number of nitrogens with zero attached hydrogens (tertiary/aromatic N) is 15. The number of rotatable bonds is 23. The summed E-state index contributed by atoms with van der Waals surface area (Å²) >= 11 is 19.5. The summed E-state index contributed by atoms with van der Waals surface area (Å²) in [5.74, 6) is -2.99. The number of esters is 6. The van der Waals surface area contributed by atoms with Crippen molar-refractivity contribution in [1.29, 1.82) is 5.26 Å². The van der Waals surface area contributed by atoms with Gasteiger partial charge >= 0.3 is 41.8 Å². The number of allylic oxidation sites excluding steroid dienone is 4. The number of amidine groups is 4. The van der Waals surface area contributed by atoms with Crippen LogP contribution in [0.2, 0.25) is 0 Å². The number of likely N-dealkylation sites (tertiary alicyclic amines) is 2. The van der Waals surface area contributed by atoms with E-state index in [9.17, 15) is 61.5 Å². The highest BCUT2D eigenvalue weighted by molar-refractivity contribution is 9.11. The van der Waals surface area contributed by atoms with E-state index in [1.807, 2.05) is 21.0 Å². The van der Waals surface area contributed by atoms with Crippen LogP contribution < -0.4 is 0 Å². The van der Waals surface area contributed by atoms with Crippen molar-refractivity contribution in [2.24, 2.45) is 43.6 Å². The maximum Gasteiger partial charge on any atom is 0.338 e. The minimum atomic E-state index is -0.946.